The zero-order chi connectivity index (χ0) is 22.0. The molecule has 1 aliphatic rings. The van der Waals surface area contributed by atoms with E-state index in [-0.39, 0.29) is 12.4 Å². The molecule has 0 atom stereocenters. The van der Waals surface area contributed by atoms with E-state index in [0.29, 0.717) is 30.6 Å². The Hall–Kier alpha value is -3.95. The van der Waals surface area contributed by atoms with Gasteiger partial charge in [-0.3, -0.25) is 10.1 Å². The summed E-state index contributed by atoms with van der Waals surface area (Å²) in [6.07, 6.45) is 3.48. The number of furan rings is 1. The van der Waals surface area contributed by atoms with Gasteiger partial charge in [0.2, 0.25) is 5.95 Å². The molecule has 0 bridgehead atoms. The number of H-pyrrole nitrogens is 1. The molecule has 1 aromatic carbocycles. The molecule has 10 heteroatoms. The predicted molar refractivity (Wildman–Crippen MR) is 133 cm³/mol. The van der Waals surface area contributed by atoms with Crippen molar-refractivity contribution in [2.75, 3.05) is 36.5 Å². The summed E-state index contributed by atoms with van der Waals surface area (Å²) in [5.74, 6) is 2.56. The average molecular weight is 476 g/mol. The molecule has 5 aromatic rings. The lowest BCUT2D eigenvalue weighted by molar-refractivity contribution is 0.122. The van der Waals surface area contributed by atoms with Crippen molar-refractivity contribution < 1.29 is 9.15 Å². The third-order valence-corrected chi connectivity index (χ3v) is 5.53. The minimum Gasteiger partial charge on any atom is -0.450 e. The van der Waals surface area contributed by atoms with E-state index in [4.69, 9.17) is 19.1 Å². The van der Waals surface area contributed by atoms with Crippen LogP contribution < -0.4 is 10.2 Å². The van der Waals surface area contributed by atoms with Crippen molar-refractivity contribution in [2.45, 2.75) is 0 Å². The Morgan fingerprint density at radius 2 is 1.71 bits per heavy atom. The number of morpholine rings is 1. The second kappa shape index (κ2) is 9.50. The van der Waals surface area contributed by atoms with E-state index in [1.165, 1.54) is 0 Å². The normalized spacial score (nSPS) is 13.6. The van der Waals surface area contributed by atoms with Gasteiger partial charge in [-0.25, -0.2) is 4.98 Å². The molecular formula is C24H22ClN7O2. The number of rotatable bonds is 5. The molecule has 0 spiro atoms. The van der Waals surface area contributed by atoms with Crippen molar-refractivity contribution in [3.8, 4) is 22.6 Å². The third kappa shape index (κ3) is 4.30. The highest BCUT2D eigenvalue weighted by atomic mass is 35.5. The van der Waals surface area contributed by atoms with Gasteiger partial charge < -0.3 is 19.4 Å². The summed E-state index contributed by atoms with van der Waals surface area (Å²) in [5, 5.41) is 10.7. The van der Waals surface area contributed by atoms with E-state index in [0.717, 1.165) is 47.0 Å². The molecule has 6 rings (SSSR count). The van der Waals surface area contributed by atoms with Gasteiger partial charge in [-0.1, -0.05) is 30.3 Å². The largest absolute Gasteiger partial charge is 0.450 e. The van der Waals surface area contributed by atoms with Crippen LogP contribution in [0.2, 0.25) is 0 Å². The molecule has 0 saturated carbocycles. The van der Waals surface area contributed by atoms with E-state index in [1.807, 2.05) is 54.6 Å². The number of hydrogen-bond donors (Lipinski definition) is 2. The summed E-state index contributed by atoms with van der Waals surface area (Å²) in [5.41, 5.74) is 4.28. The Balaban J connectivity index is 0.00000241. The second-order valence-electron chi connectivity index (χ2n) is 7.69. The Morgan fingerprint density at radius 3 is 2.50 bits per heavy atom. The summed E-state index contributed by atoms with van der Waals surface area (Å²) >= 11 is 0. The Bertz CT molecular complexity index is 1380. The number of halogens is 1. The molecule has 4 aromatic heterocycles. The number of hydrogen-bond acceptors (Lipinski definition) is 8. The van der Waals surface area contributed by atoms with E-state index in [2.05, 4.69) is 25.4 Å². The summed E-state index contributed by atoms with van der Waals surface area (Å²) in [4.78, 5) is 15.8. The van der Waals surface area contributed by atoms with Crippen LogP contribution in [0.1, 0.15) is 0 Å². The minimum atomic E-state index is 0. The van der Waals surface area contributed by atoms with Crippen LogP contribution in [-0.4, -0.2) is 51.5 Å². The van der Waals surface area contributed by atoms with Gasteiger partial charge in [0, 0.05) is 43.2 Å². The maximum atomic E-state index is 6.22. The quantitative estimate of drug-likeness (QED) is 0.377. The molecule has 5 heterocycles. The van der Waals surface area contributed by atoms with E-state index >= 15 is 0 Å². The molecular weight excluding hydrogens is 454 g/mol. The number of aromatic amines is 1. The molecule has 172 valence electrons. The number of fused-ring (bicyclic) bond motifs is 1. The topological polar surface area (TPSA) is 105 Å². The molecule has 1 aliphatic heterocycles. The highest BCUT2D eigenvalue weighted by Gasteiger charge is 2.21. The van der Waals surface area contributed by atoms with Crippen molar-refractivity contribution in [1.29, 1.82) is 0 Å². The zero-order valence-corrected chi connectivity index (χ0v) is 19.0. The molecule has 0 amide bonds. The van der Waals surface area contributed by atoms with Gasteiger partial charge in [0.15, 0.2) is 17.2 Å². The lowest BCUT2D eigenvalue weighted by atomic mass is 10.2. The number of nitrogens with zero attached hydrogens (tertiary/aromatic N) is 5. The lowest BCUT2D eigenvalue weighted by Gasteiger charge is -2.27. The second-order valence-corrected chi connectivity index (χ2v) is 7.69. The fraction of sp³-hybridized carbons (Fsp3) is 0.167. The first-order chi connectivity index (χ1) is 16.3. The zero-order valence-electron chi connectivity index (χ0n) is 18.1. The first-order valence-corrected chi connectivity index (χ1v) is 10.8. The third-order valence-electron chi connectivity index (χ3n) is 5.53. The lowest BCUT2D eigenvalue weighted by Crippen LogP contribution is -2.37. The number of pyridine rings is 1. The Kier molecular flexibility index (Phi) is 6.11. The van der Waals surface area contributed by atoms with Gasteiger partial charge >= 0.3 is 0 Å². The van der Waals surface area contributed by atoms with Gasteiger partial charge in [-0.05, 0) is 17.7 Å². The van der Waals surface area contributed by atoms with Crippen molar-refractivity contribution >= 4 is 41.1 Å². The molecule has 2 N–H and O–H groups in total. The minimum absolute atomic E-state index is 0. The van der Waals surface area contributed by atoms with Crippen molar-refractivity contribution in [1.82, 2.24) is 25.1 Å². The van der Waals surface area contributed by atoms with Crippen LogP contribution in [0.15, 0.2) is 71.4 Å². The number of nitrogens with one attached hydrogen (secondary N) is 2. The van der Waals surface area contributed by atoms with Crippen LogP contribution >= 0.6 is 12.4 Å². The van der Waals surface area contributed by atoms with Crippen LogP contribution in [0, 0.1) is 0 Å². The molecule has 1 fully saturated rings. The van der Waals surface area contributed by atoms with Crippen LogP contribution in [0.4, 0.5) is 17.6 Å². The summed E-state index contributed by atoms with van der Waals surface area (Å²) in [6, 6.07) is 17.7. The predicted octanol–water partition coefficient (Wildman–Crippen LogP) is 4.68. The van der Waals surface area contributed by atoms with E-state index in [9.17, 15) is 0 Å². The number of benzene rings is 1. The molecule has 9 nitrogen and oxygen atoms in total. The first-order valence-electron chi connectivity index (χ1n) is 10.8. The van der Waals surface area contributed by atoms with Crippen molar-refractivity contribution in [2.24, 2.45) is 0 Å². The average Bonchev–Trinajstić information content (AvgIpc) is 3.53. The van der Waals surface area contributed by atoms with E-state index in [1.54, 1.807) is 12.4 Å². The number of anilines is 3. The van der Waals surface area contributed by atoms with Gasteiger partial charge in [0.1, 0.15) is 11.3 Å². The Morgan fingerprint density at radius 1 is 0.912 bits per heavy atom. The highest BCUT2D eigenvalue weighted by molar-refractivity contribution is 5.89. The summed E-state index contributed by atoms with van der Waals surface area (Å²) < 4.78 is 11.7. The van der Waals surface area contributed by atoms with Gasteiger partial charge in [-0.15, -0.1) is 12.4 Å². The smallest absolute Gasteiger partial charge is 0.231 e. The van der Waals surface area contributed by atoms with Crippen LogP contribution in [0.5, 0.6) is 0 Å². The summed E-state index contributed by atoms with van der Waals surface area (Å²) in [6.45, 7) is 2.76. The Labute approximate surface area is 201 Å². The van der Waals surface area contributed by atoms with Crippen molar-refractivity contribution in [3.05, 3.63) is 67.0 Å². The molecule has 34 heavy (non-hydrogen) atoms. The van der Waals surface area contributed by atoms with Crippen LogP contribution in [0.25, 0.3) is 33.7 Å². The molecule has 0 aliphatic carbocycles. The summed E-state index contributed by atoms with van der Waals surface area (Å²) in [7, 11) is 0. The number of ether oxygens (including phenoxy) is 1. The molecule has 1 saturated heterocycles. The van der Waals surface area contributed by atoms with Crippen molar-refractivity contribution in [3.63, 3.8) is 0 Å². The molecule has 0 unspecified atom stereocenters. The van der Waals surface area contributed by atoms with Gasteiger partial charge in [0.05, 0.1) is 18.9 Å². The fourth-order valence-corrected chi connectivity index (χ4v) is 3.88. The van der Waals surface area contributed by atoms with Gasteiger partial charge in [-0.2, -0.15) is 10.1 Å². The SMILES string of the molecule is Cl.c1ccc(-c2cc(Nc3nc(N4CCOCC4)c4oc(-c5ccncc5)cc4n3)n[nH]2)cc1. The van der Waals surface area contributed by atoms with Gasteiger partial charge in [0.25, 0.3) is 0 Å². The first kappa shape index (κ1) is 21.9. The highest BCUT2D eigenvalue weighted by Crippen LogP contribution is 2.33. The van der Waals surface area contributed by atoms with E-state index < -0.39 is 0 Å². The maximum absolute atomic E-state index is 6.22. The fourth-order valence-electron chi connectivity index (χ4n) is 3.88. The monoisotopic (exact) mass is 475 g/mol. The number of aromatic nitrogens is 5. The standard InChI is InChI=1S/C24H21N7O2.ClH/c1-2-4-16(5-3-1)18-15-21(30-29-18)27-24-26-19-14-20(17-6-8-25-9-7-17)33-22(19)23(28-24)31-10-12-32-13-11-31;/h1-9,14-15H,10-13H2,(H2,26,27,28,29,30);1H. The van der Waals surface area contributed by atoms with Crippen LogP contribution in [0.3, 0.4) is 0 Å². The van der Waals surface area contributed by atoms with Crippen LogP contribution in [-0.2, 0) is 4.74 Å². The maximum Gasteiger partial charge on any atom is 0.231 e. The molecule has 0 radical (unpaired) electrons.